The standard InChI is InChI=1S/C32H33FN2O4/c1-3-4-15-35(26-7-5-6-21(2)17-26)29(36)20-34-19-27(23-10-13-28-24(18-23)14-16-39-28)30(32(37)38)31(34)22-8-11-25(33)12-9-22/h5-14,16-18,27,30-31H,3-4,15,19-20H2,1-2H3,(H,37,38)/t27-,30+,31-/m1/s1. The van der Waals surface area contributed by atoms with Crippen molar-refractivity contribution in [2.24, 2.45) is 5.92 Å². The average Bonchev–Trinajstić information content (AvgIpc) is 3.54. The number of halogens is 1. The van der Waals surface area contributed by atoms with Gasteiger partial charge in [-0.2, -0.15) is 0 Å². The Morgan fingerprint density at radius 1 is 1.05 bits per heavy atom. The summed E-state index contributed by atoms with van der Waals surface area (Å²) in [5.41, 5.74) is 4.19. The van der Waals surface area contributed by atoms with Gasteiger partial charge >= 0.3 is 5.97 Å². The average molecular weight is 529 g/mol. The molecule has 1 fully saturated rings. The van der Waals surface area contributed by atoms with Gasteiger partial charge in [-0.1, -0.05) is 43.7 Å². The molecule has 39 heavy (non-hydrogen) atoms. The van der Waals surface area contributed by atoms with Crippen LogP contribution < -0.4 is 4.90 Å². The summed E-state index contributed by atoms with van der Waals surface area (Å²) in [5.74, 6) is -2.61. The van der Waals surface area contributed by atoms with E-state index >= 15 is 0 Å². The quantitative estimate of drug-likeness (QED) is 0.267. The molecule has 7 heteroatoms. The monoisotopic (exact) mass is 528 g/mol. The van der Waals surface area contributed by atoms with Gasteiger partial charge in [0.05, 0.1) is 18.7 Å². The van der Waals surface area contributed by atoms with E-state index < -0.39 is 23.7 Å². The van der Waals surface area contributed by atoms with Crippen LogP contribution in [0.3, 0.4) is 0 Å². The molecule has 202 valence electrons. The Kier molecular flexibility index (Phi) is 7.79. The van der Waals surface area contributed by atoms with Crippen LogP contribution in [0, 0.1) is 18.7 Å². The number of carbonyl (C=O) groups is 2. The highest BCUT2D eigenvalue weighted by Gasteiger charge is 2.48. The lowest BCUT2D eigenvalue weighted by Crippen LogP contribution is -2.41. The van der Waals surface area contributed by atoms with Crippen molar-refractivity contribution in [3.8, 4) is 0 Å². The van der Waals surface area contributed by atoms with Crippen LogP contribution in [0.25, 0.3) is 11.0 Å². The van der Waals surface area contributed by atoms with Crippen molar-refractivity contribution in [3.05, 3.63) is 102 Å². The number of fused-ring (bicyclic) bond motifs is 1. The zero-order valence-corrected chi connectivity index (χ0v) is 22.2. The van der Waals surface area contributed by atoms with Crippen LogP contribution in [0.1, 0.15) is 48.4 Å². The highest BCUT2D eigenvalue weighted by molar-refractivity contribution is 5.95. The molecule has 3 atom stereocenters. The Labute approximate surface area is 227 Å². The van der Waals surface area contributed by atoms with Gasteiger partial charge in [0, 0.05) is 36.1 Å². The predicted octanol–water partition coefficient (Wildman–Crippen LogP) is 6.55. The number of nitrogens with zero attached hydrogens (tertiary/aromatic N) is 2. The first kappa shape index (κ1) is 26.6. The van der Waals surface area contributed by atoms with Crippen molar-refractivity contribution in [2.45, 2.75) is 38.6 Å². The third-order valence-electron chi connectivity index (χ3n) is 7.69. The number of furan rings is 1. The van der Waals surface area contributed by atoms with Gasteiger partial charge in [-0.15, -0.1) is 0 Å². The number of amides is 1. The number of hydrogen-bond acceptors (Lipinski definition) is 4. The lowest BCUT2D eigenvalue weighted by Gasteiger charge is -2.30. The number of rotatable bonds is 9. The maximum Gasteiger partial charge on any atom is 0.309 e. The molecule has 0 unspecified atom stereocenters. The minimum Gasteiger partial charge on any atom is -0.481 e. The molecule has 0 spiro atoms. The third-order valence-corrected chi connectivity index (χ3v) is 7.69. The molecule has 0 aliphatic carbocycles. The molecule has 5 rings (SSSR count). The number of likely N-dealkylation sites (tertiary alicyclic amines) is 1. The molecule has 4 aromatic rings. The SMILES string of the molecule is CCCCN(C(=O)CN1C[C@H](c2ccc3occc3c2)[C@H](C(=O)O)[C@H]1c1ccc(F)cc1)c1cccc(C)c1. The maximum atomic E-state index is 13.9. The number of hydrogen-bond donors (Lipinski definition) is 1. The topological polar surface area (TPSA) is 74.0 Å². The van der Waals surface area contributed by atoms with E-state index in [1.54, 1.807) is 23.3 Å². The molecular weight excluding hydrogens is 495 g/mol. The first-order valence-corrected chi connectivity index (χ1v) is 13.4. The van der Waals surface area contributed by atoms with Gasteiger partial charge in [0.25, 0.3) is 0 Å². The van der Waals surface area contributed by atoms with E-state index in [1.807, 2.05) is 60.4 Å². The number of aryl methyl sites for hydroxylation is 1. The van der Waals surface area contributed by atoms with Crippen molar-refractivity contribution in [1.82, 2.24) is 4.90 Å². The van der Waals surface area contributed by atoms with Crippen LogP contribution in [-0.4, -0.2) is 41.5 Å². The fourth-order valence-electron chi connectivity index (χ4n) is 5.77. The second-order valence-electron chi connectivity index (χ2n) is 10.4. The molecule has 6 nitrogen and oxygen atoms in total. The summed E-state index contributed by atoms with van der Waals surface area (Å²) in [6.07, 6.45) is 3.41. The summed E-state index contributed by atoms with van der Waals surface area (Å²) >= 11 is 0. The van der Waals surface area contributed by atoms with Crippen LogP contribution in [0.15, 0.2) is 83.5 Å². The summed E-state index contributed by atoms with van der Waals surface area (Å²) in [5, 5.41) is 11.4. The Morgan fingerprint density at radius 2 is 1.82 bits per heavy atom. The zero-order chi connectivity index (χ0) is 27.5. The van der Waals surface area contributed by atoms with E-state index in [0.717, 1.165) is 40.6 Å². The summed E-state index contributed by atoms with van der Waals surface area (Å²) in [6, 6.07) is 20.8. The smallest absolute Gasteiger partial charge is 0.309 e. The highest BCUT2D eigenvalue weighted by Crippen LogP contribution is 2.46. The van der Waals surface area contributed by atoms with Crippen molar-refractivity contribution in [1.29, 1.82) is 0 Å². The predicted molar refractivity (Wildman–Crippen MR) is 149 cm³/mol. The normalized spacial score (nSPS) is 19.4. The number of aliphatic carboxylic acids is 1. The molecule has 0 bridgehead atoms. The Hall–Kier alpha value is -3.97. The lowest BCUT2D eigenvalue weighted by molar-refractivity contribution is -0.143. The van der Waals surface area contributed by atoms with E-state index in [1.165, 1.54) is 12.1 Å². The number of unbranched alkanes of at least 4 members (excludes halogenated alkanes) is 1. The fourth-order valence-corrected chi connectivity index (χ4v) is 5.77. The van der Waals surface area contributed by atoms with Crippen LogP contribution in [0.4, 0.5) is 10.1 Å². The van der Waals surface area contributed by atoms with Crippen LogP contribution >= 0.6 is 0 Å². The lowest BCUT2D eigenvalue weighted by atomic mass is 9.82. The number of carboxylic acid groups (broad SMARTS) is 1. The fraction of sp³-hybridized carbons (Fsp3) is 0.312. The molecule has 1 amide bonds. The van der Waals surface area contributed by atoms with Gasteiger partial charge in [-0.3, -0.25) is 14.5 Å². The van der Waals surface area contributed by atoms with E-state index in [0.29, 0.717) is 18.7 Å². The van der Waals surface area contributed by atoms with Crippen molar-refractivity contribution in [2.75, 3.05) is 24.5 Å². The molecule has 1 aliphatic rings. The van der Waals surface area contributed by atoms with E-state index in [4.69, 9.17) is 4.42 Å². The minimum absolute atomic E-state index is 0.0495. The number of carboxylic acids is 1. The number of carbonyl (C=O) groups excluding carboxylic acids is 1. The molecule has 0 radical (unpaired) electrons. The van der Waals surface area contributed by atoms with Gasteiger partial charge in [0.15, 0.2) is 0 Å². The zero-order valence-electron chi connectivity index (χ0n) is 22.2. The number of benzene rings is 3. The second-order valence-corrected chi connectivity index (χ2v) is 10.4. The first-order chi connectivity index (χ1) is 18.9. The Balaban J connectivity index is 1.52. The number of anilines is 1. The molecule has 1 N–H and O–H groups in total. The maximum absolute atomic E-state index is 13.9. The van der Waals surface area contributed by atoms with Gasteiger partial charge in [0.2, 0.25) is 5.91 Å². The molecule has 2 heterocycles. The molecule has 1 saturated heterocycles. The third kappa shape index (κ3) is 5.59. The largest absolute Gasteiger partial charge is 0.481 e. The van der Waals surface area contributed by atoms with Crippen molar-refractivity contribution in [3.63, 3.8) is 0 Å². The van der Waals surface area contributed by atoms with Gasteiger partial charge in [-0.05, 0) is 72.5 Å². The van der Waals surface area contributed by atoms with Gasteiger partial charge < -0.3 is 14.4 Å². The summed E-state index contributed by atoms with van der Waals surface area (Å²) < 4.78 is 19.3. The van der Waals surface area contributed by atoms with E-state index in [-0.39, 0.29) is 18.4 Å². The molecular formula is C32H33FN2O4. The summed E-state index contributed by atoms with van der Waals surface area (Å²) in [7, 11) is 0. The summed E-state index contributed by atoms with van der Waals surface area (Å²) in [6.45, 7) is 5.09. The van der Waals surface area contributed by atoms with Crippen molar-refractivity contribution >= 4 is 28.5 Å². The van der Waals surface area contributed by atoms with Crippen LogP contribution in [0.2, 0.25) is 0 Å². The Bertz CT molecular complexity index is 1460. The second kappa shape index (κ2) is 11.4. The minimum atomic E-state index is -0.946. The molecule has 0 saturated carbocycles. The highest BCUT2D eigenvalue weighted by atomic mass is 19.1. The molecule has 1 aromatic heterocycles. The Morgan fingerprint density at radius 3 is 2.54 bits per heavy atom. The molecule has 3 aromatic carbocycles. The van der Waals surface area contributed by atoms with Crippen LogP contribution in [0.5, 0.6) is 0 Å². The van der Waals surface area contributed by atoms with E-state index in [9.17, 15) is 19.1 Å². The first-order valence-electron chi connectivity index (χ1n) is 13.4. The van der Waals surface area contributed by atoms with Crippen molar-refractivity contribution < 1.29 is 23.5 Å². The molecule has 1 aliphatic heterocycles. The van der Waals surface area contributed by atoms with Crippen LogP contribution in [-0.2, 0) is 9.59 Å². The van der Waals surface area contributed by atoms with Gasteiger partial charge in [0.1, 0.15) is 11.4 Å². The van der Waals surface area contributed by atoms with Gasteiger partial charge in [-0.25, -0.2) is 4.39 Å². The summed E-state index contributed by atoms with van der Waals surface area (Å²) in [4.78, 5) is 30.4. The van der Waals surface area contributed by atoms with E-state index in [2.05, 4.69) is 6.92 Å².